The van der Waals surface area contributed by atoms with Crippen molar-refractivity contribution in [3.05, 3.63) is 78.9 Å². The lowest BCUT2D eigenvalue weighted by atomic mass is 10.0. The molecular weight excluding hydrogens is 400 g/mol. The molecule has 0 aliphatic heterocycles. The van der Waals surface area contributed by atoms with Gasteiger partial charge >= 0.3 is 0 Å². The summed E-state index contributed by atoms with van der Waals surface area (Å²) in [5, 5.41) is 2.93. The highest BCUT2D eigenvalue weighted by Crippen LogP contribution is 2.28. The molecule has 0 saturated carbocycles. The van der Waals surface area contributed by atoms with Crippen molar-refractivity contribution in [1.29, 1.82) is 0 Å². The maximum Gasteiger partial charge on any atom is 0.265 e. The highest BCUT2D eigenvalue weighted by atomic mass is 32.2. The summed E-state index contributed by atoms with van der Waals surface area (Å²) in [6.45, 7) is 1.66. The molecule has 0 radical (unpaired) electrons. The Morgan fingerprint density at radius 1 is 0.933 bits per heavy atom. The first-order chi connectivity index (χ1) is 14.3. The Kier molecular flexibility index (Phi) is 6.42. The molecule has 0 bridgehead atoms. The Morgan fingerprint density at radius 2 is 1.53 bits per heavy atom. The van der Waals surface area contributed by atoms with Crippen LogP contribution in [0.3, 0.4) is 0 Å². The highest BCUT2D eigenvalue weighted by Gasteiger charge is 2.17. The van der Waals surface area contributed by atoms with Gasteiger partial charge in [0.2, 0.25) is 10.0 Å². The van der Waals surface area contributed by atoms with Crippen molar-refractivity contribution in [1.82, 2.24) is 0 Å². The van der Waals surface area contributed by atoms with Crippen LogP contribution >= 0.6 is 0 Å². The van der Waals surface area contributed by atoms with Crippen molar-refractivity contribution in [2.24, 2.45) is 0 Å². The number of carbonyl (C=O) groups is 1. The second-order valence-electron chi connectivity index (χ2n) is 6.89. The molecule has 0 heterocycles. The molecule has 30 heavy (non-hydrogen) atoms. The summed E-state index contributed by atoms with van der Waals surface area (Å²) >= 11 is 0. The molecule has 6 nitrogen and oxygen atoms in total. The van der Waals surface area contributed by atoms with Crippen LogP contribution in [0.1, 0.15) is 6.92 Å². The van der Waals surface area contributed by atoms with Gasteiger partial charge in [0.15, 0.2) is 6.10 Å². The molecule has 1 atom stereocenters. The van der Waals surface area contributed by atoms with E-state index >= 15 is 0 Å². The number of benzene rings is 3. The molecule has 0 spiro atoms. The van der Waals surface area contributed by atoms with E-state index in [1.165, 1.54) is 11.4 Å². The second kappa shape index (κ2) is 9.00. The van der Waals surface area contributed by atoms with Crippen molar-refractivity contribution in [3.63, 3.8) is 0 Å². The standard InChI is InChI=1S/C23H24N2O4S/c1-17(29-20-15-13-19(14-16-20)25(2)30(3,27)28)23(26)24-22-12-8-7-11-21(22)18-9-5-4-6-10-18/h4-17H,1-3H3,(H,24,26)/t17-/m0/s1. The number of sulfonamides is 1. The lowest BCUT2D eigenvalue weighted by Gasteiger charge is -2.19. The first-order valence-electron chi connectivity index (χ1n) is 9.41. The molecule has 3 aromatic carbocycles. The molecule has 0 aliphatic rings. The first kappa shape index (κ1) is 21.4. The summed E-state index contributed by atoms with van der Waals surface area (Å²) in [6, 6.07) is 23.9. The Hall–Kier alpha value is -3.32. The number of amides is 1. The van der Waals surface area contributed by atoms with Crippen LogP contribution in [0.4, 0.5) is 11.4 Å². The summed E-state index contributed by atoms with van der Waals surface area (Å²) < 4.78 is 30.2. The van der Waals surface area contributed by atoms with E-state index in [1.54, 1.807) is 31.2 Å². The van der Waals surface area contributed by atoms with Crippen molar-refractivity contribution in [2.45, 2.75) is 13.0 Å². The molecule has 0 fully saturated rings. The van der Waals surface area contributed by atoms with Crippen molar-refractivity contribution >= 4 is 27.3 Å². The molecule has 1 N–H and O–H groups in total. The summed E-state index contributed by atoms with van der Waals surface area (Å²) in [5.74, 6) is 0.190. The quantitative estimate of drug-likeness (QED) is 0.618. The summed E-state index contributed by atoms with van der Waals surface area (Å²) in [6.07, 6.45) is 0.393. The number of rotatable bonds is 7. The van der Waals surface area contributed by atoms with Gasteiger partial charge in [-0.25, -0.2) is 8.42 Å². The SMILES string of the molecule is C[C@H](Oc1ccc(N(C)S(C)(=O)=O)cc1)C(=O)Nc1ccccc1-c1ccccc1. The minimum atomic E-state index is -3.34. The third kappa shape index (κ3) is 5.18. The monoisotopic (exact) mass is 424 g/mol. The third-order valence-corrected chi connectivity index (χ3v) is 5.86. The van der Waals surface area contributed by atoms with E-state index in [1.807, 2.05) is 54.6 Å². The van der Waals surface area contributed by atoms with Crippen LogP contribution < -0.4 is 14.4 Å². The van der Waals surface area contributed by atoms with Gasteiger partial charge in [0, 0.05) is 18.3 Å². The fourth-order valence-electron chi connectivity index (χ4n) is 2.88. The van der Waals surface area contributed by atoms with Gasteiger partial charge in [-0.1, -0.05) is 48.5 Å². The molecule has 0 aromatic heterocycles. The van der Waals surface area contributed by atoms with E-state index < -0.39 is 16.1 Å². The maximum atomic E-state index is 12.7. The molecule has 156 valence electrons. The number of nitrogens with one attached hydrogen (secondary N) is 1. The molecule has 3 rings (SSSR count). The molecule has 0 aliphatic carbocycles. The number of para-hydroxylation sites is 1. The Bertz CT molecular complexity index is 1110. The topological polar surface area (TPSA) is 75.7 Å². The van der Waals surface area contributed by atoms with Crippen molar-refractivity contribution in [3.8, 4) is 16.9 Å². The maximum absolute atomic E-state index is 12.7. The van der Waals surface area contributed by atoms with Crippen LogP contribution in [0.25, 0.3) is 11.1 Å². The Labute approximate surface area is 177 Å². The fraction of sp³-hybridized carbons (Fsp3) is 0.174. The number of carbonyl (C=O) groups excluding carboxylic acids is 1. The van der Waals surface area contributed by atoms with Gasteiger partial charge < -0.3 is 10.1 Å². The van der Waals surface area contributed by atoms with Crippen LogP contribution in [-0.4, -0.2) is 33.7 Å². The number of anilines is 2. The van der Waals surface area contributed by atoms with E-state index in [4.69, 9.17) is 4.74 Å². The predicted molar refractivity (Wildman–Crippen MR) is 120 cm³/mol. The van der Waals surface area contributed by atoms with Gasteiger partial charge in [-0.05, 0) is 42.8 Å². The number of hydrogen-bond donors (Lipinski definition) is 1. The minimum Gasteiger partial charge on any atom is -0.481 e. The summed E-state index contributed by atoms with van der Waals surface area (Å²) in [4.78, 5) is 12.7. The first-order valence-corrected chi connectivity index (χ1v) is 11.3. The van der Waals surface area contributed by atoms with E-state index in [0.717, 1.165) is 17.4 Å². The van der Waals surface area contributed by atoms with Gasteiger partial charge in [-0.2, -0.15) is 0 Å². The number of hydrogen-bond acceptors (Lipinski definition) is 4. The molecule has 0 unspecified atom stereocenters. The smallest absolute Gasteiger partial charge is 0.265 e. The normalized spacial score (nSPS) is 12.1. The van der Waals surface area contributed by atoms with Gasteiger partial charge in [-0.15, -0.1) is 0 Å². The number of nitrogens with zero attached hydrogens (tertiary/aromatic N) is 1. The Morgan fingerprint density at radius 3 is 2.17 bits per heavy atom. The van der Waals surface area contributed by atoms with Crippen molar-refractivity contribution < 1.29 is 17.9 Å². The van der Waals surface area contributed by atoms with Crippen LogP contribution in [0.15, 0.2) is 78.9 Å². The van der Waals surface area contributed by atoms with E-state index in [0.29, 0.717) is 17.1 Å². The van der Waals surface area contributed by atoms with Crippen LogP contribution in [-0.2, 0) is 14.8 Å². The average molecular weight is 425 g/mol. The molecular formula is C23H24N2O4S. The van der Waals surface area contributed by atoms with Gasteiger partial charge in [0.05, 0.1) is 11.9 Å². The van der Waals surface area contributed by atoms with Gasteiger partial charge in [0.1, 0.15) is 5.75 Å². The third-order valence-electron chi connectivity index (χ3n) is 4.65. The van der Waals surface area contributed by atoms with Crippen LogP contribution in [0, 0.1) is 0 Å². The largest absolute Gasteiger partial charge is 0.481 e. The van der Waals surface area contributed by atoms with E-state index in [-0.39, 0.29) is 5.91 Å². The molecule has 0 saturated heterocycles. The fourth-order valence-corrected chi connectivity index (χ4v) is 3.38. The molecule has 3 aromatic rings. The van der Waals surface area contributed by atoms with Crippen LogP contribution in [0.5, 0.6) is 5.75 Å². The zero-order valence-electron chi connectivity index (χ0n) is 17.1. The minimum absolute atomic E-state index is 0.282. The summed E-state index contributed by atoms with van der Waals surface area (Å²) in [7, 11) is -1.86. The number of ether oxygens (including phenoxy) is 1. The Balaban J connectivity index is 1.69. The second-order valence-corrected chi connectivity index (χ2v) is 8.90. The highest BCUT2D eigenvalue weighted by molar-refractivity contribution is 7.92. The lowest BCUT2D eigenvalue weighted by molar-refractivity contribution is -0.122. The predicted octanol–water partition coefficient (Wildman–Crippen LogP) is 4.16. The zero-order valence-corrected chi connectivity index (χ0v) is 17.9. The average Bonchev–Trinajstić information content (AvgIpc) is 2.74. The molecule has 1 amide bonds. The lowest BCUT2D eigenvalue weighted by Crippen LogP contribution is -2.30. The van der Waals surface area contributed by atoms with Gasteiger partial charge in [0.25, 0.3) is 5.91 Å². The summed E-state index contributed by atoms with van der Waals surface area (Å²) in [5.41, 5.74) is 3.15. The molecule has 7 heteroatoms. The van der Waals surface area contributed by atoms with Gasteiger partial charge in [-0.3, -0.25) is 9.10 Å². The van der Waals surface area contributed by atoms with E-state index in [2.05, 4.69) is 5.32 Å². The zero-order chi connectivity index (χ0) is 21.7. The van der Waals surface area contributed by atoms with Crippen LogP contribution in [0.2, 0.25) is 0 Å². The van der Waals surface area contributed by atoms with E-state index in [9.17, 15) is 13.2 Å². The van der Waals surface area contributed by atoms with Crippen molar-refractivity contribution in [2.75, 3.05) is 22.9 Å².